The normalized spacial score (nSPS) is 34.3. The van der Waals surface area contributed by atoms with Crippen molar-refractivity contribution in [1.29, 1.82) is 0 Å². The van der Waals surface area contributed by atoms with Crippen molar-refractivity contribution in [1.82, 2.24) is 4.90 Å². The van der Waals surface area contributed by atoms with E-state index in [-0.39, 0.29) is 11.1 Å². The molecule has 0 saturated heterocycles. The molecular formula is C14H15NO. The minimum Gasteiger partial charge on any atom is -0.319 e. The molecule has 2 heteroatoms. The Morgan fingerprint density at radius 3 is 2.50 bits per heavy atom. The first-order valence-electron chi connectivity index (χ1n) is 5.60. The average molecular weight is 213 g/mol. The molecule has 2 aliphatic heterocycles. The second-order valence-corrected chi connectivity index (χ2v) is 5.10. The molecule has 0 spiro atoms. The van der Waals surface area contributed by atoms with Gasteiger partial charge in [0, 0.05) is 0 Å². The molecule has 0 N–H and O–H groups in total. The van der Waals surface area contributed by atoms with Crippen molar-refractivity contribution in [3.8, 4) is 0 Å². The fourth-order valence-corrected chi connectivity index (χ4v) is 3.37. The molecule has 0 radical (unpaired) electrons. The van der Waals surface area contributed by atoms with Gasteiger partial charge in [-0.2, -0.15) is 0 Å². The van der Waals surface area contributed by atoms with E-state index in [1.54, 1.807) is 0 Å². The highest BCUT2D eigenvalue weighted by molar-refractivity contribution is 5.67. The van der Waals surface area contributed by atoms with Crippen LogP contribution in [0, 0.1) is 6.92 Å². The summed E-state index contributed by atoms with van der Waals surface area (Å²) >= 11 is 0. The third kappa shape index (κ3) is 0.787. The van der Waals surface area contributed by atoms with Crippen LogP contribution in [0.5, 0.6) is 0 Å². The number of hydrogen-bond donors (Lipinski definition) is 0. The first kappa shape index (κ1) is 9.64. The molecule has 0 fully saturated rings. The predicted octanol–water partition coefficient (Wildman–Crippen LogP) is 2.47. The van der Waals surface area contributed by atoms with Crippen LogP contribution >= 0.6 is 0 Å². The lowest BCUT2D eigenvalue weighted by molar-refractivity contribution is -0.125. The lowest BCUT2D eigenvalue weighted by Crippen LogP contribution is -2.40. The molecule has 0 aliphatic carbocycles. The zero-order valence-electron chi connectivity index (χ0n) is 9.82. The number of rotatable bonds is 1. The van der Waals surface area contributed by atoms with Gasteiger partial charge in [0.25, 0.3) is 0 Å². The van der Waals surface area contributed by atoms with E-state index in [1.807, 2.05) is 4.90 Å². The largest absolute Gasteiger partial charge is 0.319 e. The van der Waals surface area contributed by atoms with Crippen molar-refractivity contribution in [2.45, 2.75) is 31.8 Å². The SMILES string of the molecule is Cc1cccc2c1[C@@]1(C)C=C[C@]2(C)N1C=O. The number of aryl methyl sites for hydroxylation is 1. The van der Waals surface area contributed by atoms with Crippen LogP contribution < -0.4 is 0 Å². The predicted molar refractivity (Wildman–Crippen MR) is 62.9 cm³/mol. The second-order valence-electron chi connectivity index (χ2n) is 5.10. The van der Waals surface area contributed by atoms with Gasteiger partial charge in [0.2, 0.25) is 6.41 Å². The maximum atomic E-state index is 11.3. The molecule has 0 saturated carbocycles. The molecule has 3 rings (SSSR count). The van der Waals surface area contributed by atoms with Crippen LogP contribution in [0.15, 0.2) is 30.4 Å². The number of hydrogen-bond acceptors (Lipinski definition) is 1. The van der Waals surface area contributed by atoms with Crippen molar-refractivity contribution < 1.29 is 4.79 Å². The van der Waals surface area contributed by atoms with Gasteiger partial charge in [-0.15, -0.1) is 0 Å². The highest BCUT2D eigenvalue weighted by Crippen LogP contribution is 2.55. The van der Waals surface area contributed by atoms with Crippen LogP contribution in [-0.4, -0.2) is 11.3 Å². The minimum atomic E-state index is -0.253. The highest BCUT2D eigenvalue weighted by Gasteiger charge is 2.55. The Bertz CT molecular complexity index is 519. The van der Waals surface area contributed by atoms with Gasteiger partial charge >= 0.3 is 0 Å². The molecule has 1 aromatic carbocycles. The summed E-state index contributed by atoms with van der Waals surface area (Å²) in [6.45, 7) is 6.33. The third-order valence-corrected chi connectivity index (χ3v) is 4.16. The van der Waals surface area contributed by atoms with Gasteiger partial charge in [-0.1, -0.05) is 30.4 Å². The number of benzene rings is 1. The van der Waals surface area contributed by atoms with Crippen molar-refractivity contribution in [2.75, 3.05) is 0 Å². The van der Waals surface area contributed by atoms with Crippen LogP contribution in [-0.2, 0) is 15.9 Å². The van der Waals surface area contributed by atoms with E-state index < -0.39 is 0 Å². The van der Waals surface area contributed by atoms with Gasteiger partial charge in [0.15, 0.2) is 0 Å². The smallest absolute Gasteiger partial charge is 0.211 e. The highest BCUT2D eigenvalue weighted by atomic mass is 16.1. The number of carbonyl (C=O) groups is 1. The van der Waals surface area contributed by atoms with Crippen LogP contribution in [0.4, 0.5) is 0 Å². The lowest BCUT2D eigenvalue weighted by Gasteiger charge is -2.32. The van der Waals surface area contributed by atoms with Crippen LogP contribution in [0.25, 0.3) is 0 Å². The molecule has 2 atom stereocenters. The molecule has 1 aromatic rings. The summed E-state index contributed by atoms with van der Waals surface area (Å²) in [5.41, 5.74) is 3.33. The molecule has 2 aliphatic rings. The molecule has 1 amide bonds. The van der Waals surface area contributed by atoms with Gasteiger partial charge in [-0.25, -0.2) is 0 Å². The number of carbonyl (C=O) groups excluding carboxylic acids is 1. The Morgan fingerprint density at radius 1 is 1.19 bits per heavy atom. The van der Waals surface area contributed by atoms with Crippen molar-refractivity contribution >= 4 is 6.41 Å². The zero-order chi connectivity index (χ0) is 11.6. The van der Waals surface area contributed by atoms with Crippen molar-refractivity contribution in [3.05, 3.63) is 47.0 Å². The van der Waals surface area contributed by atoms with E-state index >= 15 is 0 Å². The number of fused-ring (bicyclic) bond motifs is 5. The van der Waals surface area contributed by atoms with E-state index in [1.165, 1.54) is 16.7 Å². The summed E-state index contributed by atoms with van der Waals surface area (Å²) < 4.78 is 0. The van der Waals surface area contributed by atoms with E-state index in [2.05, 4.69) is 51.1 Å². The summed E-state index contributed by atoms with van der Waals surface area (Å²) in [6.07, 6.45) is 5.26. The lowest BCUT2D eigenvalue weighted by atomic mass is 9.81. The fourth-order valence-electron chi connectivity index (χ4n) is 3.37. The summed E-state index contributed by atoms with van der Waals surface area (Å²) in [5.74, 6) is 0. The number of amides is 1. The van der Waals surface area contributed by atoms with E-state index in [9.17, 15) is 4.79 Å². The summed E-state index contributed by atoms with van der Waals surface area (Å²) in [6, 6.07) is 6.32. The first-order chi connectivity index (χ1) is 7.54. The van der Waals surface area contributed by atoms with Crippen molar-refractivity contribution in [2.24, 2.45) is 0 Å². The molecule has 82 valence electrons. The Kier molecular flexibility index (Phi) is 1.55. The zero-order valence-corrected chi connectivity index (χ0v) is 9.82. The summed E-state index contributed by atoms with van der Waals surface area (Å²) in [7, 11) is 0. The molecule has 2 heterocycles. The van der Waals surface area contributed by atoms with Crippen molar-refractivity contribution in [3.63, 3.8) is 0 Å². The molecule has 0 aromatic heterocycles. The van der Waals surface area contributed by atoms with Crippen LogP contribution in [0.3, 0.4) is 0 Å². The topological polar surface area (TPSA) is 20.3 Å². The molecular weight excluding hydrogens is 198 g/mol. The molecule has 16 heavy (non-hydrogen) atoms. The van der Waals surface area contributed by atoms with E-state index in [4.69, 9.17) is 0 Å². The van der Waals surface area contributed by atoms with Gasteiger partial charge in [-0.3, -0.25) is 4.79 Å². The molecule has 2 nitrogen and oxygen atoms in total. The maximum absolute atomic E-state index is 11.3. The standard InChI is InChI=1S/C14H15NO/c1-10-5-4-6-11-12(10)14(3)8-7-13(11,2)15(14)9-16/h4-9H,1-3H3/t13-,14+/m0/s1. The fraction of sp³-hybridized carbons (Fsp3) is 0.357. The average Bonchev–Trinajstić information content (AvgIpc) is 2.61. The van der Waals surface area contributed by atoms with Crippen LogP contribution in [0.1, 0.15) is 30.5 Å². The summed E-state index contributed by atoms with van der Waals surface area (Å²) in [4.78, 5) is 13.3. The van der Waals surface area contributed by atoms with Gasteiger partial charge < -0.3 is 4.90 Å². The van der Waals surface area contributed by atoms with E-state index in [0.717, 1.165) is 6.41 Å². The second kappa shape index (κ2) is 2.57. The Balaban J connectivity index is 2.39. The Hall–Kier alpha value is -1.57. The first-order valence-corrected chi connectivity index (χ1v) is 5.60. The van der Waals surface area contributed by atoms with E-state index in [0.29, 0.717) is 0 Å². The Labute approximate surface area is 95.6 Å². The quantitative estimate of drug-likeness (QED) is 0.518. The number of nitrogens with zero attached hydrogens (tertiary/aromatic N) is 1. The minimum absolute atomic E-state index is 0.252. The van der Waals surface area contributed by atoms with Gasteiger partial charge in [0.1, 0.15) is 0 Å². The molecule has 2 bridgehead atoms. The maximum Gasteiger partial charge on any atom is 0.211 e. The Morgan fingerprint density at radius 2 is 1.88 bits per heavy atom. The van der Waals surface area contributed by atoms with Crippen LogP contribution in [0.2, 0.25) is 0 Å². The monoisotopic (exact) mass is 213 g/mol. The summed E-state index contributed by atoms with van der Waals surface area (Å²) in [5, 5.41) is 0. The van der Waals surface area contributed by atoms with Gasteiger partial charge in [-0.05, 0) is 37.5 Å². The van der Waals surface area contributed by atoms with Gasteiger partial charge in [0.05, 0.1) is 11.1 Å². The third-order valence-electron chi connectivity index (χ3n) is 4.16. The molecule has 0 unspecified atom stereocenters.